The Morgan fingerprint density at radius 1 is 1.00 bits per heavy atom. The number of halogens is 2. The van der Waals surface area contributed by atoms with Gasteiger partial charge < -0.3 is 14.4 Å². The van der Waals surface area contributed by atoms with Crippen molar-refractivity contribution in [2.45, 2.75) is 52.2 Å². The molecule has 194 valence electrons. The zero-order valence-electron chi connectivity index (χ0n) is 21.3. The first kappa shape index (κ1) is 26.6. The fraction of sp³-hybridized carbons (Fsp3) is 0.323. The molecule has 1 atom stereocenters. The molecule has 3 aromatic carbocycles. The summed E-state index contributed by atoms with van der Waals surface area (Å²) in [4.78, 5) is 12.2. The molecule has 37 heavy (non-hydrogen) atoms. The minimum absolute atomic E-state index is 0.0113. The van der Waals surface area contributed by atoms with Crippen molar-refractivity contribution in [3.63, 3.8) is 0 Å². The van der Waals surface area contributed by atoms with Crippen LogP contribution < -0.4 is 0 Å². The van der Waals surface area contributed by atoms with Gasteiger partial charge in [-0.05, 0) is 60.2 Å². The average Bonchev–Trinajstić information content (AvgIpc) is 3.22. The highest BCUT2D eigenvalue weighted by atomic mass is 19.1. The highest BCUT2D eigenvalue weighted by Gasteiger charge is 2.18. The van der Waals surface area contributed by atoms with Crippen LogP contribution in [0.4, 0.5) is 8.78 Å². The second-order valence-electron chi connectivity index (χ2n) is 9.95. The number of aromatic nitrogens is 1. The second-order valence-corrected chi connectivity index (χ2v) is 9.95. The lowest BCUT2D eigenvalue weighted by molar-refractivity contribution is 0.0259. The van der Waals surface area contributed by atoms with Gasteiger partial charge in [0.05, 0.1) is 18.2 Å². The summed E-state index contributed by atoms with van der Waals surface area (Å²) >= 11 is 0. The molecular weight excluding hydrogens is 472 g/mol. The number of hydrogen-bond donors (Lipinski definition) is 1. The number of aliphatic hydroxyl groups excluding tert-OH is 1. The van der Waals surface area contributed by atoms with E-state index in [1.165, 1.54) is 12.1 Å². The maximum Gasteiger partial charge on any atom is 0.338 e. The van der Waals surface area contributed by atoms with E-state index < -0.39 is 23.7 Å². The SMILES string of the molecule is CC(C)CCCc1cc(F)c(Cn2cc(C[C@H](O)COC(=O)c3ccccc3)c3ccccc32)c(F)c1. The number of benzene rings is 3. The van der Waals surface area contributed by atoms with Crippen LogP contribution in [0.15, 0.2) is 72.9 Å². The molecule has 6 heteroatoms. The molecule has 0 bridgehead atoms. The number of para-hydroxylation sites is 1. The molecular formula is C31H33F2NO3. The molecule has 0 unspecified atom stereocenters. The van der Waals surface area contributed by atoms with Crippen LogP contribution >= 0.6 is 0 Å². The first-order valence-electron chi connectivity index (χ1n) is 12.8. The van der Waals surface area contributed by atoms with Crippen LogP contribution in [0.3, 0.4) is 0 Å². The number of carbonyl (C=O) groups excluding carboxylic acids is 1. The summed E-state index contributed by atoms with van der Waals surface area (Å²) in [5.41, 5.74) is 2.72. The second kappa shape index (κ2) is 12.2. The highest BCUT2D eigenvalue weighted by molar-refractivity contribution is 5.89. The van der Waals surface area contributed by atoms with Crippen molar-refractivity contribution in [3.8, 4) is 0 Å². The molecule has 0 aliphatic rings. The van der Waals surface area contributed by atoms with Crippen LogP contribution in [-0.4, -0.2) is 28.4 Å². The van der Waals surface area contributed by atoms with Gasteiger partial charge in [0.2, 0.25) is 0 Å². The van der Waals surface area contributed by atoms with Gasteiger partial charge in [-0.15, -0.1) is 0 Å². The predicted molar refractivity (Wildman–Crippen MR) is 142 cm³/mol. The summed E-state index contributed by atoms with van der Waals surface area (Å²) in [7, 11) is 0. The largest absolute Gasteiger partial charge is 0.459 e. The van der Waals surface area contributed by atoms with Gasteiger partial charge in [-0.25, -0.2) is 13.6 Å². The first-order chi connectivity index (χ1) is 17.8. The number of fused-ring (bicyclic) bond motifs is 1. The summed E-state index contributed by atoms with van der Waals surface area (Å²) in [5.74, 6) is -1.04. The lowest BCUT2D eigenvalue weighted by atomic mass is 10.0. The number of aryl methyl sites for hydroxylation is 1. The quantitative estimate of drug-likeness (QED) is 0.231. The van der Waals surface area contributed by atoms with Crippen molar-refractivity contribution >= 4 is 16.9 Å². The molecule has 4 aromatic rings. The number of nitrogens with zero attached hydrogens (tertiary/aromatic N) is 1. The van der Waals surface area contributed by atoms with Gasteiger partial charge in [0.1, 0.15) is 18.2 Å². The van der Waals surface area contributed by atoms with Crippen LogP contribution in [0.25, 0.3) is 10.9 Å². The van der Waals surface area contributed by atoms with Crippen LogP contribution in [0.2, 0.25) is 0 Å². The summed E-state index contributed by atoms with van der Waals surface area (Å²) in [6.45, 7) is 4.14. The Kier molecular flexibility index (Phi) is 8.72. The summed E-state index contributed by atoms with van der Waals surface area (Å²) in [6, 6.07) is 19.0. The molecule has 0 spiro atoms. The molecule has 0 fully saturated rings. The zero-order valence-corrected chi connectivity index (χ0v) is 21.3. The number of hydrogen-bond acceptors (Lipinski definition) is 3. The predicted octanol–water partition coefficient (Wildman–Crippen LogP) is 6.71. The first-order valence-corrected chi connectivity index (χ1v) is 12.8. The van der Waals surface area contributed by atoms with Gasteiger partial charge in [0, 0.05) is 29.1 Å². The third-order valence-corrected chi connectivity index (χ3v) is 6.52. The molecule has 0 saturated carbocycles. The standard InChI is InChI=1S/C31H33F2NO3/c1-21(2)9-8-10-22-15-28(32)27(29(33)16-22)19-34-18-24(26-13-6-7-14-30(26)34)17-25(35)20-37-31(36)23-11-4-3-5-12-23/h3-7,11-16,18,21,25,35H,8-10,17,19-20H2,1-2H3/t25-/m0/s1. The summed E-state index contributed by atoms with van der Waals surface area (Å²) in [5, 5.41) is 11.5. The third kappa shape index (κ3) is 6.83. The molecule has 4 rings (SSSR count). The monoisotopic (exact) mass is 505 g/mol. The van der Waals surface area contributed by atoms with Gasteiger partial charge in [-0.1, -0.05) is 56.7 Å². The highest BCUT2D eigenvalue weighted by Crippen LogP contribution is 2.26. The third-order valence-electron chi connectivity index (χ3n) is 6.52. The lowest BCUT2D eigenvalue weighted by Crippen LogP contribution is -2.21. The Hall–Kier alpha value is -3.51. The lowest BCUT2D eigenvalue weighted by Gasteiger charge is -2.11. The molecule has 1 heterocycles. The van der Waals surface area contributed by atoms with Crippen molar-refractivity contribution in [1.82, 2.24) is 4.57 Å². The van der Waals surface area contributed by atoms with Crippen molar-refractivity contribution < 1.29 is 23.4 Å². The Bertz CT molecular complexity index is 1320. The summed E-state index contributed by atoms with van der Waals surface area (Å²) in [6.07, 6.45) is 3.67. The van der Waals surface area contributed by atoms with E-state index in [0.717, 1.165) is 29.3 Å². The summed E-state index contributed by atoms with van der Waals surface area (Å²) < 4.78 is 37.0. The van der Waals surface area contributed by atoms with Crippen molar-refractivity contribution in [2.24, 2.45) is 5.92 Å². The Morgan fingerprint density at radius 3 is 2.38 bits per heavy atom. The van der Waals surface area contributed by atoms with Gasteiger partial charge in [0.15, 0.2) is 0 Å². The van der Waals surface area contributed by atoms with Crippen molar-refractivity contribution in [3.05, 3.63) is 107 Å². The number of rotatable bonds is 11. The van der Waals surface area contributed by atoms with E-state index in [-0.39, 0.29) is 25.1 Å². The molecule has 0 saturated heterocycles. The number of ether oxygens (including phenoxy) is 1. The zero-order chi connectivity index (χ0) is 26.4. The Balaban J connectivity index is 1.47. The van der Waals surface area contributed by atoms with Gasteiger partial charge in [-0.2, -0.15) is 0 Å². The topological polar surface area (TPSA) is 51.5 Å². The normalized spacial score (nSPS) is 12.3. The Labute approximate surface area is 216 Å². The van der Waals surface area contributed by atoms with Gasteiger partial charge in [-0.3, -0.25) is 0 Å². The maximum atomic E-state index is 15.0. The molecule has 0 aliphatic carbocycles. The molecule has 0 amide bonds. The van der Waals surface area contributed by atoms with Crippen LogP contribution in [0.1, 0.15) is 53.7 Å². The fourth-order valence-electron chi connectivity index (χ4n) is 4.59. The van der Waals surface area contributed by atoms with E-state index in [9.17, 15) is 18.7 Å². The van der Waals surface area contributed by atoms with Crippen LogP contribution in [0, 0.1) is 17.6 Å². The molecule has 4 nitrogen and oxygen atoms in total. The minimum atomic E-state index is -0.925. The number of esters is 1. The fourth-order valence-corrected chi connectivity index (χ4v) is 4.59. The number of aliphatic hydroxyl groups is 1. The van der Waals surface area contributed by atoms with Gasteiger partial charge >= 0.3 is 5.97 Å². The average molecular weight is 506 g/mol. The molecule has 0 radical (unpaired) electrons. The van der Waals surface area contributed by atoms with E-state index in [0.29, 0.717) is 23.5 Å². The van der Waals surface area contributed by atoms with Crippen molar-refractivity contribution in [2.75, 3.05) is 6.61 Å². The van der Waals surface area contributed by atoms with E-state index in [2.05, 4.69) is 13.8 Å². The molecule has 0 aliphatic heterocycles. The van der Waals surface area contributed by atoms with Gasteiger partial charge in [0.25, 0.3) is 0 Å². The van der Waals surface area contributed by atoms with E-state index >= 15 is 0 Å². The maximum absolute atomic E-state index is 15.0. The smallest absolute Gasteiger partial charge is 0.338 e. The van der Waals surface area contributed by atoms with E-state index in [1.807, 2.05) is 36.5 Å². The Morgan fingerprint density at radius 2 is 1.68 bits per heavy atom. The minimum Gasteiger partial charge on any atom is -0.459 e. The van der Waals surface area contributed by atoms with Crippen LogP contribution in [-0.2, 0) is 24.1 Å². The van der Waals surface area contributed by atoms with Crippen molar-refractivity contribution in [1.29, 1.82) is 0 Å². The molecule has 1 N–H and O–H groups in total. The number of carbonyl (C=O) groups is 1. The van der Waals surface area contributed by atoms with Crippen LogP contribution in [0.5, 0.6) is 0 Å². The van der Waals surface area contributed by atoms with E-state index in [1.54, 1.807) is 28.8 Å². The van der Waals surface area contributed by atoms with E-state index in [4.69, 9.17) is 4.74 Å². The molecule has 1 aromatic heterocycles.